The highest BCUT2D eigenvalue weighted by molar-refractivity contribution is 7.46. The number of hydrogen-bond acceptors (Lipinski definition) is 5. The van der Waals surface area contributed by atoms with Crippen molar-refractivity contribution in [2.75, 3.05) is 13.2 Å². The predicted molar refractivity (Wildman–Crippen MR) is 123 cm³/mol. The van der Waals surface area contributed by atoms with Gasteiger partial charge in [-0.3, -0.25) is 4.52 Å². The van der Waals surface area contributed by atoms with Gasteiger partial charge in [0.25, 0.3) is 0 Å². The maximum absolute atomic E-state index is 11.4. The van der Waals surface area contributed by atoms with Gasteiger partial charge >= 0.3 is 13.8 Å². The lowest BCUT2D eigenvalue weighted by atomic mass is 10.1. The zero-order valence-corrected chi connectivity index (χ0v) is 19.5. The first-order valence-electron chi connectivity index (χ1n) is 11.1. The van der Waals surface area contributed by atoms with Crippen molar-refractivity contribution in [1.29, 1.82) is 0 Å². The summed E-state index contributed by atoms with van der Waals surface area (Å²) in [6.45, 7) is 1.20. The van der Waals surface area contributed by atoms with Crippen LogP contribution in [0.25, 0.3) is 0 Å². The Morgan fingerprint density at radius 1 is 0.839 bits per heavy atom. The van der Waals surface area contributed by atoms with Gasteiger partial charge < -0.3 is 19.6 Å². The summed E-state index contributed by atoms with van der Waals surface area (Å²) in [7, 11) is -4.65. The molecule has 0 aromatic carbocycles. The molecule has 0 saturated carbocycles. The Labute approximate surface area is 186 Å². The van der Waals surface area contributed by atoms with E-state index in [2.05, 4.69) is 17.5 Å². The Kier molecular flexibility index (Phi) is 19.4. The Bertz CT molecular complexity index is 605. The van der Waals surface area contributed by atoms with Gasteiger partial charge in [0.15, 0.2) is 0 Å². The number of carbonyl (C=O) groups is 1. The lowest BCUT2D eigenvalue weighted by Gasteiger charge is -2.11. The number of aliphatic hydroxyl groups is 1. The van der Waals surface area contributed by atoms with Crippen LogP contribution in [-0.4, -0.2) is 40.2 Å². The lowest BCUT2D eigenvalue weighted by Crippen LogP contribution is -2.22. The number of allylic oxidation sites excluding steroid dienone is 7. The quantitative estimate of drug-likeness (QED) is 0.0807. The van der Waals surface area contributed by atoms with E-state index in [9.17, 15) is 14.5 Å². The molecule has 0 aromatic rings. The van der Waals surface area contributed by atoms with Crippen molar-refractivity contribution in [3.63, 3.8) is 0 Å². The molecule has 8 heteroatoms. The fourth-order valence-electron chi connectivity index (χ4n) is 2.60. The second kappa shape index (κ2) is 20.4. The topological polar surface area (TPSA) is 113 Å². The van der Waals surface area contributed by atoms with Crippen LogP contribution >= 0.6 is 7.82 Å². The molecule has 0 aliphatic carbocycles. The number of carbonyl (C=O) groups excluding carboxylic acids is 1. The van der Waals surface area contributed by atoms with E-state index >= 15 is 0 Å². The number of phosphoric ester groups is 1. The molecule has 7 nitrogen and oxygen atoms in total. The SMILES string of the molecule is CCCCCCCCCCC/C=C/C=C/C=C/C=C/C(=O)OCC(O)COP(=O)(O)O. The van der Waals surface area contributed by atoms with Crippen molar-refractivity contribution in [2.24, 2.45) is 0 Å². The highest BCUT2D eigenvalue weighted by Crippen LogP contribution is 2.35. The van der Waals surface area contributed by atoms with Crippen LogP contribution < -0.4 is 0 Å². The van der Waals surface area contributed by atoms with E-state index < -0.39 is 33.1 Å². The molecular formula is C23H39O7P. The van der Waals surface area contributed by atoms with Gasteiger partial charge in [0.2, 0.25) is 0 Å². The van der Waals surface area contributed by atoms with Gasteiger partial charge in [-0.2, -0.15) is 0 Å². The van der Waals surface area contributed by atoms with Crippen molar-refractivity contribution in [3.8, 4) is 0 Å². The second-order valence-electron chi connectivity index (χ2n) is 7.24. The molecule has 178 valence electrons. The molecule has 0 aliphatic rings. The number of hydrogen-bond donors (Lipinski definition) is 3. The average Bonchev–Trinajstić information content (AvgIpc) is 2.72. The highest BCUT2D eigenvalue weighted by Gasteiger charge is 2.17. The molecule has 0 bridgehead atoms. The molecule has 0 saturated heterocycles. The van der Waals surface area contributed by atoms with E-state index in [4.69, 9.17) is 14.5 Å². The lowest BCUT2D eigenvalue weighted by molar-refractivity contribution is -0.141. The molecule has 0 spiro atoms. The number of phosphoric acid groups is 1. The monoisotopic (exact) mass is 458 g/mol. The Morgan fingerprint density at radius 2 is 1.39 bits per heavy atom. The van der Waals surface area contributed by atoms with Gasteiger partial charge in [-0.15, -0.1) is 0 Å². The van der Waals surface area contributed by atoms with Crippen molar-refractivity contribution in [3.05, 3.63) is 48.6 Å². The number of aliphatic hydroxyl groups excluding tert-OH is 1. The molecule has 0 aromatic heterocycles. The third-order valence-corrected chi connectivity index (χ3v) is 4.74. The van der Waals surface area contributed by atoms with E-state index in [0.717, 1.165) is 6.42 Å². The molecule has 0 fully saturated rings. The molecule has 0 radical (unpaired) electrons. The maximum atomic E-state index is 11.4. The summed E-state index contributed by atoms with van der Waals surface area (Å²) < 4.78 is 19.3. The first-order chi connectivity index (χ1) is 14.8. The van der Waals surface area contributed by atoms with E-state index in [0.29, 0.717) is 0 Å². The summed E-state index contributed by atoms with van der Waals surface area (Å²) in [6.07, 6.45) is 25.8. The summed E-state index contributed by atoms with van der Waals surface area (Å²) in [5.74, 6) is -0.676. The van der Waals surface area contributed by atoms with Crippen LogP contribution in [0.5, 0.6) is 0 Å². The van der Waals surface area contributed by atoms with E-state index in [1.165, 1.54) is 69.9 Å². The molecule has 0 amide bonds. The van der Waals surface area contributed by atoms with Crippen molar-refractivity contribution < 1.29 is 33.5 Å². The van der Waals surface area contributed by atoms with Crippen LogP contribution in [-0.2, 0) is 18.6 Å². The third-order valence-electron chi connectivity index (χ3n) is 4.25. The fourth-order valence-corrected chi connectivity index (χ4v) is 2.96. The van der Waals surface area contributed by atoms with Crippen LogP contribution in [0.15, 0.2) is 48.6 Å². The normalized spacial score (nSPS) is 13.8. The van der Waals surface area contributed by atoms with Gasteiger partial charge in [-0.05, 0) is 12.8 Å². The minimum atomic E-state index is -4.65. The zero-order valence-electron chi connectivity index (χ0n) is 18.6. The van der Waals surface area contributed by atoms with E-state index in [1.807, 2.05) is 18.2 Å². The molecule has 3 N–H and O–H groups in total. The predicted octanol–water partition coefficient (Wildman–Crippen LogP) is 5.15. The summed E-state index contributed by atoms with van der Waals surface area (Å²) in [4.78, 5) is 28.4. The van der Waals surface area contributed by atoms with Crippen molar-refractivity contribution in [1.82, 2.24) is 0 Å². The largest absolute Gasteiger partial charge is 0.469 e. The first kappa shape index (κ1) is 29.5. The van der Waals surface area contributed by atoms with Gasteiger partial charge in [-0.1, -0.05) is 101 Å². The van der Waals surface area contributed by atoms with Gasteiger partial charge in [0.1, 0.15) is 12.7 Å². The van der Waals surface area contributed by atoms with Crippen LogP contribution in [0.3, 0.4) is 0 Å². The van der Waals surface area contributed by atoms with E-state index in [-0.39, 0.29) is 0 Å². The Hall–Kier alpha value is -1.50. The second-order valence-corrected chi connectivity index (χ2v) is 8.48. The van der Waals surface area contributed by atoms with Crippen LogP contribution in [0.4, 0.5) is 0 Å². The summed E-state index contributed by atoms with van der Waals surface area (Å²) in [5, 5.41) is 9.38. The number of unbranched alkanes of at least 4 members (excludes halogenated alkanes) is 9. The molecule has 0 heterocycles. The maximum Gasteiger partial charge on any atom is 0.469 e. The smallest absolute Gasteiger partial charge is 0.460 e. The molecule has 0 rings (SSSR count). The zero-order chi connectivity index (χ0) is 23.2. The minimum absolute atomic E-state index is 0.420. The summed E-state index contributed by atoms with van der Waals surface area (Å²) >= 11 is 0. The van der Waals surface area contributed by atoms with Crippen LogP contribution in [0.2, 0.25) is 0 Å². The standard InChI is InChI=1S/C23H39O7P/c1-2-3-4-5-6-7-8-9-10-11-12-13-14-15-16-17-18-19-23(25)29-20-22(24)21-30-31(26,27)28/h12-19,22,24H,2-11,20-21H2,1H3,(H2,26,27,28)/b13-12+,15-14+,17-16+,19-18+. The Balaban J connectivity index is 3.68. The first-order valence-corrected chi connectivity index (χ1v) is 12.6. The Morgan fingerprint density at radius 3 is 2.00 bits per heavy atom. The van der Waals surface area contributed by atoms with E-state index in [1.54, 1.807) is 12.2 Å². The van der Waals surface area contributed by atoms with Crippen molar-refractivity contribution >= 4 is 13.8 Å². The molecule has 1 atom stereocenters. The number of ether oxygens (including phenoxy) is 1. The number of rotatable bonds is 19. The average molecular weight is 459 g/mol. The molecule has 0 aliphatic heterocycles. The van der Waals surface area contributed by atoms with Crippen LogP contribution in [0, 0.1) is 0 Å². The van der Waals surface area contributed by atoms with Gasteiger partial charge in [-0.25, -0.2) is 9.36 Å². The molecule has 31 heavy (non-hydrogen) atoms. The van der Waals surface area contributed by atoms with Gasteiger partial charge in [0.05, 0.1) is 6.61 Å². The number of esters is 1. The summed E-state index contributed by atoms with van der Waals surface area (Å²) in [6, 6.07) is 0. The highest BCUT2D eigenvalue weighted by atomic mass is 31.2. The molecular weight excluding hydrogens is 419 g/mol. The summed E-state index contributed by atoms with van der Waals surface area (Å²) in [5.41, 5.74) is 0. The van der Waals surface area contributed by atoms with Crippen molar-refractivity contribution in [2.45, 2.75) is 77.2 Å². The minimum Gasteiger partial charge on any atom is -0.460 e. The van der Waals surface area contributed by atoms with Gasteiger partial charge in [0, 0.05) is 6.08 Å². The molecule has 1 unspecified atom stereocenters. The third kappa shape index (κ3) is 24.6. The van der Waals surface area contributed by atoms with Crippen LogP contribution in [0.1, 0.15) is 71.1 Å². The fraction of sp³-hybridized carbons (Fsp3) is 0.609.